The first kappa shape index (κ1) is 13.3. The Kier molecular flexibility index (Phi) is 3.59. The van der Waals surface area contributed by atoms with Crippen molar-refractivity contribution >= 4 is 11.9 Å². The normalized spacial score (nSPS) is 30.0. The summed E-state index contributed by atoms with van der Waals surface area (Å²) in [5, 5.41) is 12.1. The molecule has 102 valence electrons. The van der Waals surface area contributed by atoms with E-state index in [-0.39, 0.29) is 24.2 Å². The number of hydrogen-bond acceptors (Lipinski definition) is 4. The minimum atomic E-state index is -0.825. The lowest BCUT2D eigenvalue weighted by molar-refractivity contribution is -0.148. The van der Waals surface area contributed by atoms with Crippen LogP contribution in [0.25, 0.3) is 0 Å². The highest BCUT2D eigenvalue weighted by Crippen LogP contribution is 2.25. The van der Waals surface area contributed by atoms with Gasteiger partial charge in [0, 0.05) is 25.7 Å². The van der Waals surface area contributed by atoms with E-state index in [0.717, 1.165) is 13.1 Å². The molecule has 2 heterocycles. The number of rotatable bonds is 4. The fourth-order valence-corrected chi connectivity index (χ4v) is 2.52. The minimum Gasteiger partial charge on any atom is -0.481 e. The van der Waals surface area contributed by atoms with E-state index >= 15 is 0 Å². The molecule has 2 fully saturated rings. The zero-order valence-electron chi connectivity index (χ0n) is 10.8. The monoisotopic (exact) mass is 256 g/mol. The highest BCUT2D eigenvalue weighted by atomic mass is 16.5. The van der Waals surface area contributed by atoms with Crippen LogP contribution in [0.4, 0.5) is 0 Å². The smallest absolute Gasteiger partial charge is 0.308 e. The number of aliphatic carboxylic acids is 1. The van der Waals surface area contributed by atoms with Crippen LogP contribution in [0.1, 0.15) is 20.3 Å². The van der Waals surface area contributed by atoms with Gasteiger partial charge < -0.3 is 20.1 Å². The van der Waals surface area contributed by atoms with Gasteiger partial charge in [0.2, 0.25) is 5.91 Å². The quantitative estimate of drug-likeness (QED) is 0.721. The molecule has 2 unspecified atom stereocenters. The van der Waals surface area contributed by atoms with Crippen molar-refractivity contribution in [2.24, 2.45) is 5.92 Å². The Morgan fingerprint density at radius 1 is 1.50 bits per heavy atom. The molecule has 1 amide bonds. The molecule has 6 nitrogen and oxygen atoms in total. The first-order valence-electron chi connectivity index (χ1n) is 6.30. The molecule has 2 aliphatic heterocycles. The molecule has 0 aliphatic carbocycles. The van der Waals surface area contributed by atoms with E-state index in [0.29, 0.717) is 13.0 Å². The molecule has 2 atom stereocenters. The first-order valence-corrected chi connectivity index (χ1v) is 6.30. The van der Waals surface area contributed by atoms with E-state index < -0.39 is 11.9 Å². The standard InChI is InChI=1S/C12H20N2O4/c1-8-9(11(16)17)3-4-14(8)10(15)5-18-12(2)6-13-7-12/h8-9,13H,3-7H2,1-2H3,(H,16,17). The molecule has 2 aliphatic rings. The average molecular weight is 256 g/mol. The van der Waals surface area contributed by atoms with Crippen molar-refractivity contribution in [3.63, 3.8) is 0 Å². The Hall–Kier alpha value is -1.14. The van der Waals surface area contributed by atoms with Crippen LogP contribution in [0.15, 0.2) is 0 Å². The lowest BCUT2D eigenvalue weighted by Gasteiger charge is -2.39. The van der Waals surface area contributed by atoms with E-state index in [1.165, 1.54) is 0 Å². The largest absolute Gasteiger partial charge is 0.481 e. The highest BCUT2D eigenvalue weighted by molar-refractivity contribution is 5.80. The molecule has 0 radical (unpaired) electrons. The van der Waals surface area contributed by atoms with Gasteiger partial charge >= 0.3 is 5.97 Å². The van der Waals surface area contributed by atoms with Gasteiger partial charge in [-0.1, -0.05) is 0 Å². The zero-order chi connectivity index (χ0) is 13.3. The lowest BCUT2D eigenvalue weighted by atomic mass is 10.0. The van der Waals surface area contributed by atoms with Crippen molar-refractivity contribution in [3.05, 3.63) is 0 Å². The van der Waals surface area contributed by atoms with Gasteiger partial charge in [0.25, 0.3) is 0 Å². The maximum Gasteiger partial charge on any atom is 0.308 e. The van der Waals surface area contributed by atoms with Gasteiger partial charge in [0.05, 0.1) is 11.5 Å². The lowest BCUT2D eigenvalue weighted by Crippen LogP contribution is -2.59. The summed E-state index contributed by atoms with van der Waals surface area (Å²) in [5.41, 5.74) is -0.245. The van der Waals surface area contributed by atoms with E-state index in [4.69, 9.17) is 9.84 Å². The molecule has 2 rings (SSSR count). The molecule has 0 aromatic carbocycles. The number of amides is 1. The van der Waals surface area contributed by atoms with Gasteiger partial charge in [-0.15, -0.1) is 0 Å². The second-order valence-corrected chi connectivity index (χ2v) is 5.40. The molecule has 2 saturated heterocycles. The Morgan fingerprint density at radius 2 is 2.17 bits per heavy atom. The van der Waals surface area contributed by atoms with Gasteiger partial charge in [-0.2, -0.15) is 0 Å². The van der Waals surface area contributed by atoms with E-state index in [1.807, 2.05) is 6.92 Å². The van der Waals surface area contributed by atoms with Crippen molar-refractivity contribution in [2.45, 2.75) is 31.9 Å². The van der Waals surface area contributed by atoms with E-state index in [9.17, 15) is 9.59 Å². The van der Waals surface area contributed by atoms with Crippen LogP contribution in [0, 0.1) is 5.92 Å². The third-order valence-corrected chi connectivity index (χ3v) is 3.93. The van der Waals surface area contributed by atoms with Gasteiger partial charge in [0.1, 0.15) is 6.61 Å². The molecule has 0 aromatic rings. The van der Waals surface area contributed by atoms with Crippen LogP contribution >= 0.6 is 0 Å². The van der Waals surface area contributed by atoms with Gasteiger partial charge in [0.15, 0.2) is 0 Å². The second-order valence-electron chi connectivity index (χ2n) is 5.40. The van der Waals surface area contributed by atoms with Crippen LogP contribution in [0.3, 0.4) is 0 Å². The van der Waals surface area contributed by atoms with Crippen LogP contribution in [0.5, 0.6) is 0 Å². The second kappa shape index (κ2) is 4.85. The SMILES string of the molecule is CC1C(C(=O)O)CCN1C(=O)COC1(C)CNC1. The van der Waals surface area contributed by atoms with Crippen LogP contribution in [-0.2, 0) is 14.3 Å². The Labute approximate surface area is 106 Å². The molecule has 0 saturated carbocycles. The topological polar surface area (TPSA) is 78.9 Å². The number of likely N-dealkylation sites (tertiary alicyclic amines) is 1. The minimum absolute atomic E-state index is 0.0366. The number of carboxylic acid groups (broad SMARTS) is 1. The predicted octanol–water partition coefficient (Wildman–Crippen LogP) is -0.313. The molecule has 18 heavy (non-hydrogen) atoms. The number of carbonyl (C=O) groups is 2. The number of nitrogens with zero attached hydrogens (tertiary/aromatic N) is 1. The molecule has 2 N–H and O–H groups in total. The fraction of sp³-hybridized carbons (Fsp3) is 0.833. The Morgan fingerprint density at radius 3 is 2.61 bits per heavy atom. The predicted molar refractivity (Wildman–Crippen MR) is 64.1 cm³/mol. The maximum atomic E-state index is 12.0. The molecular formula is C12H20N2O4. The fourth-order valence-electron chi connectivity index (χ4n) is 2.52. The van der Waals surface area contributed by atoms with Crippen molar-refractivity contribution in [3.8, 4) is 0 Å². The summed E-state index contributed by atoms with van der Waals surface area (Å²) in [4.78, 5) is 24.6. The Bertz CT molecular complexity index is 354. The summed E-state index contributed by atoms with van der Waals surface area (Å²) < 4.78 is 5.58. The number of carboxylic acids is 1. The summed E-state index contributed by atoms with van der Waals surface area (Å²) in [5.74, 6) is -1.39. The molecular weight excluding hydrogens is 236 g/mol. The Balaban J connectivity index is 1.84. The van der Waals surface area contributed by atoms with Crippen molar-refractivity contribution in [1.82, 2.24) is 10.2 Å². The van der Waals surface area contributed by atoms with E-state index in [1.54, 1.807) is 11.8 Å². The van der Waals surface area contributed by atoms with Gasteiger partial charge in [-0.3, -0.25) is 9.59 Å². The summed E-state index contributed by atoms with van der Waals surface area (Å²) in [7, 11) is 0. The number of nitrogens with one attached hydrogen (secondary N) is 1. The van der Waals surface area contributed by atoms with Crippen molar-refractivity contribution in [2.75, 3.05) is 26.2 Å². The summed E-state index contributed by atoms with van der Waals surface area (Å²) in [6.45, 7) is 5.81. The average Bonchev–Trinajstić information content (AvgIpc) is 2.65. The molecule has 0 spiro atoms. The third kappa shape index (κ3) is 2.49. The zero-order valence-corrected chi connectivity index (χ0v) is 10.8. The van der Waals surface area contributed by atoms with Crippen molar-refractivity contribution in [1.29, 1.82) is 0 Å². The maximum absolute atomic E-state index is 12.0. The van der Waals surface area contributed by atoms with Crippen molar-refractivity contribution < 1.29 is 19.4 Å². The summed E-state index contributed by atoms with van der Waals surface area (Å²) in [6, 6.07) is -0.245. The van der Waals surface area contributed by atoms with Gasteiger partial charge in [-0.05, 0) is 20.3 Å². The van der Waals surface area contributed by atoms with Crippen LogP contribution in [0.2, 0.25) is 0 Å². The molecule has 0 bridgehead atoms. The molecule has 6 heteroatoms. The van der Waals surface area contributed by atoms with Gasteiger partial charge in [-0.25, -0.2) is 0 Å². The van der Waals surface area contributed by atoms with Crippen LogP contribution in [-0.4, -0.2) is 59.8 Å². The number of ether oxygens (including phenoxy) is 1. The first-order chi connectivity index (χ1) is 8.43. The van der Waals surface area contributed by atoms with Crippen LogP contribution < -0.4 is 5.32 Å². The summed E-state index contributed by atoms with van der Waals surface area (Å²) in [6.07, 6.45) is 0.529. The molecule has 0 aromatic heterocycles. The third-order valence-electron chi connectivity index (χ3n) is 3.93. The highest BCUT2D eigenvalue weighted by Gasteiger charge is 2.39. The van der Waals surface area contributed by atoms with E-state index in [2.05, 4.69) is 5.32 Å². The summed E-state index contributed by atoms with van der Waals surface area (Å²) >= 11 is 0. The number of carbonyl (C=O) groups excluding carboxylic acids is 1. The number of hydrogen-bond donors (Lipinski definition) is 2.